The smallest absolute Gasteiger partial charge is 0.133 e. The maximum Gasteiger partial charge on any atom is 0.133 e. The van der Waals surface area contributed by atoms with Gasteiger partial charge in [0, 0.05) is 58.2 Å². The predicted molar refractivity (Wildman–Crippen MR) is 80.2 cm³/mol. The Morgan fingerprint density at radius 1 is 1.10 bits per heavy atom. The van der Waals surface area contributed by atoms with Crippen LogP contribution in [0, 0.1) is 6.92 Å². The van der Waals surface area contributed by atoms with Gasteiger partial charge in [0.15, 0.2) is 0 Å². The number of nitrogens with zero attached hydrogens (tertiary/aromatic N) is 3. The molecular weight excluding hydrogens is 254 g/mol. The molecule has 2 rings (SSSR count). The molecular formula is C15H25N3O2. The molecule has 1 aliphatic rings. The third-order valence-electron chi connectivity index (χ3n) is 3.65. The lowest BCUT2D eigenvalue weighted by atomic mass is 10.2. The van der Waals surface area contributed by atoms with Gasteiger partial charge in [-0.15, -0.1) is 0 Å². The number of hydrogen-bond acceptors (Lipinski definition) is 5. The quantitative estimate of drug-likeness (QED) is 0.785. The Morgan fingerprint density at radius 2 is 1.85 bits per heavy atom. The fourth-order valence-electron chi connectivity index (χ4n) is 2.49. The van der Waals surface area contributed by atoms with E-state index in [2.05, 4.69) is 21.9 Å². The van der Waals surface area contributed by atoms with E-state index < -0.39 is 0 Å². The zero-order chi connectivity index (χ0) is 14.4. The van der Waals surface area contributed by atoms with E-state index in [0.29, 0.717) is 0 Å². The summed E-state index contributed by atoms with van der Waals surface area (Å²) in [5.74, 6) is 1.11. The van der Waals surface area contributed by atoms with Crippen LogP contribution in [-0.2, 0) is 16.0 Å². The largest absolute Gasteiger partial charge is 0.383 e. The van der Waals surface area contributed by atoms with Crippen molar-refractivity contribution in [3.8, 4) is 0 Å². The molecule has 0 fully saturated rings. The highest BCUT2D eigenvalue weighted by atomic mass is 16.5. The first-order valence-electron chi connectivity index (χ1n) is 7.16. The van der Waals surface area contributed by atoms with Crippen LogP contribution in [0.5, 0.6) is 0 Å². The summed E-state index contributed by atoms with van der Waals surface area (Å²) in [5, 5.41) is 0. The van der Waals surface area contributed by atoms with Crippen LogP contribution in [-0.4, -0.2) is 63.5 Å². The minimum absolute atomic E-state index is 0.729. The van der Waals surface area contributed by atoms with Crippen LogP contribution in [0.3, 0.4) is 0 Å². The topological polar surface area (TPSA) is 37.8 Å². The number of aryl methyl sites for hydroxylation is 1. The van der Waals surface area contributed by atoms with Crippen LogP contribution < -0.4 is 4.90 Å². The normalized spacial score (nSPS) is 16.1. The van der Waals surface area contributed by atoms with E-state index in [1.54, 1.807) is 14.2 Å². The number of pyridine rings is 1. The molecule has 0 saturated carbocycles. The van der Waals surface area contributed by atoms with Gasteiger partial charge in [0.25, 0.3) is 0 Å². The Hall–Kier alpha value is -1.17. The summed E-state index contributed by atoms with van der Waals surface area (Å²) in [7, 11) is 3.49. The highest BCUT2D eigenvalue weighted by Crippen LogP contribution is 2.23. The molecule has 0 atom stereocenters. The maximum atomic E-state index is 5.22. The molecule has 0 spiro atoms. The highest BCUT2D eigenvalue weighted by Gasteiger charge is 2.20. The maximum absolute atomic E-state index is 5.22. The molecule has 112 valence electrons. The number of fused-ring (bicyclic) bond motifs is 1. The lowest BCUT2D eigenvalue weighted by Crippen LogP contribution is -2.35. The van der Waals surface area contributed by atoms with E-state index in [9.17, 15) is 0 Å². The van der Waals surface area contributed by atoms with Crippen molar-refractivity contribution in [1.29, 1.82) is 0 Å². The van der Waals surface area contributed by atoms with Gasteiger partial charge in [-0.2, -0.15) is 0 Å². The van der Waals surface area contributed by atoms with Gasteiger partial charge in [0.1, 0.15) is 5.82 Å². The SMILES string of the molecule is COCCN1CCN(CCOC)c2nc(C)ccc2C1. The van der Waals surface area contributed by atoms with Crippen molar-refractivity contribution in [3.05, 3.63) is 23.4 Å². The van der Waals surface area contributed by atoms with Gasteiger partial charge in [-0.3, -0.25) is 4.90 Å². The summed E-state index contributed by atoms with van der Waals surface area (Å²) >= 11 is 0. The van der Waals surface area contributed by atoms with E-state index in [-0.39, 0.29) is 0 Å². The van der Waals surface area contributed by atoms with E-state index in [0.717, 1.165) is 57.4 Å². The van der Waals surface area contributed by atoms with Gasteiger partial charge in [-0.25, -0.2) is 4.98 Å². The van der Waals surface area contributed by atoms with Gasteiger partial charge >= 0.3 is 0 Å². The molecule has 0 radical (unpaired) electrons. The summed E-state index contributed by atoms with van der Waals surface area (Å²) in [6.07, 6.45) is 0. The Morgan fingerprint density at radius 3 is 2.60 bits per heavy atom. The van der Waals surface area contributed by atoms with Crippen LogP contribution in [0.2, 0.25) is 0 Å². The van der Waals surface area contributed by atoms with Crippen LogP contribution in [0.25, 0.3) is 0 Å². The first kappa shape index (κ1) is 15.2. The van der Waals surface area contributed by atoms with Crippen molar-refractivity contribution in [1.82, 2.24) is 9.88 Å². The third-order valence-corrected chi connectivity index (χ3v) is 3.65. The van der Waals surface area contributed by atoms with E-state index >= 15 is 0 Å². The average molecular weight is 279 g/mol. The predicted octanol–water partition coefficient (Wildman–Crippen LogP) is 1.30. The Labute approximate surface area is 121 Å². The van der Waals surface area contributed by atoms with Crippen molar-refractivity contribution < 1.29 is 9.47 Å². The summed E-state index contributed by atoms with van der Waals surface area (Å²) in [4.78, 5) is 9.49. The number of aromatic nitrogens is 1. The number of ether oxygens (including phenoxy) is 2. The molecule has 0 saturated heterocycles. The standard InChI is InChI=1S/C15H25N3O2/c1-13-4-5-14-12-17(8-10-19-2)6-7-18(9-11-20-3)15(14)16-13/h4-5H,6-12H2,1-3H3. The van der Waals surface area contributed by atoms with Gasteiger partial charge in [-0.05, 0) is 13.0 Å². The number of methoxy groups -OCH3 is 2. The molecule has 0 aliphatic carbocycles. The molecule has 0 amide bonds. The molecule has 5 heteroatoms. The van der Waals surface area contributed by atoms with Gasteiger partial charge < -0.3 is 14.4 Å². The fraction of sp³-hybridized carbons (Fsp3) is 0.667. The molecule has 0 bridgehead atoms. The number of anilines is 1. The van der Waals surface area contributed by atoms with Gasteiger partial charge in [-0.1, -0.05) is 6.07 Å². The van der Waals surface area contributed by atoms with Crippen LogP contribution in [0.15, 0.2) is 12.1 Å². The number of rotatable bonds is 6. The molecule has 5 nitrogen and oxygen atoms in total. The Bertz CT molecular complexity index is 426. The van der Waals surface area contributed by atoms with Crippen LogP contribution in [0.4, 0.5) is 5.82 Å². The van der Waals surface area contributed by atoms with E-state index in [4.69, 9.17) is 14.5 Å². The minimum atomic E-state index is 0.729. The molecule has 2 heterocycles. The minimum Gasteiger partial charge on any atom is -0.383 e. The van der Waals surface area contributed by atoms with E-state index in [1.165, 1.54) is 5.56 Å². The zero-order valence-electron chi connectivity index (χ0n) is 12.8. The monoisotopic (exact) mass is 279 g/mol. The molecule has 1 aromatic rings. The van der Waals surface area contributed by atoms with Crippen molar-refractivity contribution in [2.24, 2.45) is 0 Å². The summed E-state index contributed by atoms with van der Waals surface area (Å²) in [6, 6.07) is 4.29. The van der Waals surface area contributed by atoms with E-state index in [1.807, 2.05) is 6.92 Å². The zero-order valence-corrected chi connectivity index (χ0v) is 12.8. The summed E-state index contributed by atoms with van der Waals surface area (Å²) < 4.78 is 10.4. The lowest BCUT2D eigenvalue weighted by Gasteiger charge is -2.23. The first-order valence-corrected chi connectivity index (χ1v) is 7.16. The average Bonchev–Trinajstić information content (AvgIpc) is 2.62. The summed E-state index contributed by atoms with van der Waals surface area (Å²) in [6.45, 7) is 8.34. The summed E-state index contributed by atoms with van der Waals surface area (Å²) in [5.41, 5.74) is 2.36. The molecule has 0 aromatic carbocycles. The van der Waals surface area contributed by atoms with Gasteiger partial charge in [0.2, 0.25) is 0 Å². The Kier molecular flexibility index (Phi) is 5.76. The van der Waals surface area contributed by atoms with Gasteiger partial charge in [0.05, 0.1) is 13.2 Å². The molecule has 1 aromatic heterocycles. The second-order valence-electron chi connectivity index (χ2n) is 5.18. The second-order valence-corrected chi connectivity index (χ2v) is 5.18. The van der Waals surface area contributed by atoms with Crippen molar-refractivity contribution in [3.63, 3.8) is 0 Å². The van der Waals surface area contributed by atoms with Crippen molar-refractivity contribution >= 4 is 5.82 Å². The Balaban J connectivity index is 2.16. The van der Waals surface area contributed by atoms with Crippen LogP contribution in [0.1, 0.15) is 11.3 Å². The van der Waals surface area contributed by atoms with Crippen molar-refractivity contribution in [2.75, 3.05) is 58.5 Å². The van der Waals surface area contributed by atoms with Crippen LogP contribution >= 0.6 is 0 Å². The molecule has 1 aliphatic heterocycles. The second kappa shape index (κ2) is 7.57. The number of hydrogen-bond donors (Lipinski definition) is 0. The highest BCUT2D eigenvalue weighted by molar-refractivity contribution is 5.48. The molecule has 20 heavy (non-hydrogen) atoms. The van der Waals surface area contributed by atoms with Crippen molar-refractivity contribution in [2.45, 2.75) is 13.5 Å². The molecule has 0 N–H and O–H groups in total. The molecule has 0 unspecified atom stereocenters. The first-order chi connectivity index (χ1) is 9.74. The fourth-order valence-corrected chi connectivity index (χ4v) is 2.49. The third kappa shape index (κ3) is 3.91. The lowest BCUT2D eigenvalue weighted by molar-refractivity contribution is 0.146.